The van der Waals surface area contributed by atoms with E-state index in [-0.39, 0.29) is 11.2 Å². The maximum Gasteiger partial charge on any atom is 0.194 e. The van der Waals surface area contributed by atoms with E-state index in [4.69, 9.17) is 0 Å². The van der Waals surface area contributed by atoms with Gasteiger partial charge in [-0.25, -0.2) is 0 Å². The van der Waals surface area contributed by atoms with Gasteiger partial charge in [-0.05, 0) is 0 Å². The van der Waals surface area contributed by atoms with E-state index in [0.29, 0.717) is 0 Å². The van der Waals surface area contributed by atoms with Crippen LogP contribution < -0.4 is 0 Å². The van der Waals surface area contributed by atoms with Crippen molar-refractivity contribution in [3.8, 4) is 0 Å². The van der Waals surface area contributed by atoms with Gasteiger partial charge in [-0.3, -0.25) is 9.48 Å². The average molecular weight is 233 g/mol. The number of hydrogen-bond acceptors (Lipinski definition) is 3. The molecule has 0 spiro atoms. The van der Waals surface area contributed by atoms with E-state index in [9.17, 15) is 4.79 Å². The van der Waals surface area contributed by atoms with Crippen molar-refractivity contribution in [2.45, 2.75) is 20.3 Å². The molecule has 0 aromatic carbocycles. The number of allylic oxidation sites excluding steroid dienone is 1. The van der Waals surface area contributed by atoms with Crippen molar-refractivity contribution in [3.05, 3.63) is 29.2 Å². The van der Waals surface area contributed by atoms with Gasteiger partial charge in [0.15, 0.2) is 5.78 Å². The van der Waals surface area contributed by atoms with Gasteiger partial charge < -0.3 is 4.90 Å². The number of aromatic nitrogens is 2. The van der Waals surface area contributed by atoms with Gasteiger partial charge in [0, 0.05) is 50.9 Å². The smallest absolute Gasteiger partial charge is 0.194 e. The van der Waals surface area contributed by atoms with Crippen molar-refractivity contribution in [2.24, 2.45) is 12.5 Å². The van der Waals surface area contributed by atoms with Crippen molar-refractivity contribution in [1.82, 2.24) is 14.7 Å². The molecule has 0 N–H and O–H groups in total. The summed E-state index contributed by atoms with van der Waals surface area (Å²) in [6, 6.07) is 0. The molecule has 4 nitrogen and oxygen atoms in total. The molecule has 0 aliphatic heterocycles. The summed E-state index contributed by atoms with van der Waals surface area (Å²) in [7, 11) is 5.73. The molecule has 4 heteroatoms. The third kappa shape index (κ3) is 1.99. The summed E-state index contributed by atoms with van der Waals surface area (Å²) in [5.41, 5.74) is 2.38. The Kier molecular flexibility index (Phi) is 2.60. The Hall–Kier alpha value is -1.58. The third-order valence-corrected chi connectivity index (χ3v) is 3.12. The van der Waals surface area contributed by atoms with Crippen LogP contribution in [0.15, 0.2) is 18.0 Å². The van der Waals surface area contributed by atoms with Crippen molar-refractivity contribution in [1.29, 1.82) is 0 Å². The van der Waals surface area contributed by atoms with Gasteiger partial charge in [0.2, 0.25) is 0 Å². The molecule has 0 saturated carbocycles. The van der Waals surface area contributed by atoms with E-state index in [0.717, 1.165) is 23.3 Å². The van der Waals surface area contributed by atoms with Crippen LogP contribution in [0.5, 0.6) is 0 Å². The summed E-state index contributed by atoms with van der Waals surface area (Å²) in [4.78, 5) is 14.4. The summed E-state index contributed by atoms with van der Waals surface area (Å²) in [5, 5.41) is 4.37. The molecule has 1 aliphatic rings. The fourth-order valence-electron chi connectivity index (χ4n) is 2.31. The largest absolute Gasteiger partial charge is 0.383 e. The fourth-order valence-corrected chi connectivity index (χ4v) is 2.31. The molecule has 0 saturated heterocycles. The van der Waals surface area contributed by atoms with E-state index >= 15 is 0 Å². The molecule has 2 rings (SSSR count). The standard InChI is InChI=1S/C13H19N3O/c1-13(2)6-11-9(7-16(5)14-11)12(17)10(13)8-15(3)4/h7-8H,6H2,1-5H3. The molecule has 1 aromatic rings. The van der Waals surface area contributed by atoms with E-state index in [1.54, 1.807) is 4.68 Å². The van der Waals surface area contributed by atoms with E-state index in [1.807, 2.05) is 38.4 Å². The topological polar surface area (TPSA) is 38.1 Å². The summed E-state index contributed by atoms with van der Waals surface area (Å²) in [6.07, 6.45) is 4.56. The Morgan fingerprint density at radius 3 is 2.71 bits per heavy atom. The number of rotatable bonds is 1. The molecule has 0 unspecified atom stereocenters. The molecule has 1 heterocycles. The predicted molar refractivity (Wildman–Crippen MR) is 66.8 cm³/mol. The first-order valence-electron chi connectivity index (χ1n) is 5.77. The van der Waals surface area contributed by atoms with Crippen LogP contribution in [-0.2, 0) is 13.5 Å². The van der Waals surface area contributed by atoms with E-state index < -0.39 is 0 Å². The van der Waals surface area contributed by atoms with Crippen LogP contribution in [0, 0.1) is 5.41 Å². The van der Waals surface area contributed by atoms with Gasteiger partial charge in [0.25, 0.3) is 0 Å². The first-order chi connectivity index (χ1) is 7.81. The maximum atomic E-state index is 12.4. The lowest BCUT2D eigenvalue weighted by Gasteiger charge is -2.31. The molecular formula is C13H19N3O. The SMILES string of the molecule is CN(C)C=C1C(=O)c2cn(C)nc2CC1(C)C. The van der Waals surface area contributed by atoms with Crippen LogP contribution in [0.1, 0.15) is 29.9 Å². The summed E-state index contributed by atoms with van der Waals surface area (Å²) < 4.78 is 1.72. The maximum absolute atomic E-state index is 12.4. The minimum atomic E-state index is -0.150. The Morgan fingerprint density at radius 1 is 1.47 bits per heavy atom. The molecule has 0 atom stereocenters. The van der Waals surface area contributed by atoms with Crippen LogP contribution in [0.4, 0.5) is 0 Å². The van der Waals surface area contributed by atoms with Crippen LogP contribution >= 0.6 is 0 Å². The van der Waals surface area contributed by atoms with Gasteiger partial charge in [0.1, 0.15) is 0 Å². The minimum absolute atomic E-state index is 0.109. The molecule has 1 aliphatic carbocycles. The quantitative estimate of drug-likeness (QED) is 0.692. The number of nitrogens with zero attached hydrogens (tertiary/aromatic N) is 3. The zero-order valence-electron chi connectivity index (χ0n) is 11.1. The molecule has 1 aromatic heterocycles. The average Bonchev–Trinajstić information content (AvgIpc) is 2.52. The monoisotopic (exact) mass is 233 g/mol. The van der Waals surface area contributed by atoms with Gasteiger partial charge in [-0.1, -0.05) is 13.8 Å². The number of Topliss-reactive ketones (excluding diaryl/α,β-unsaturated/α-hetero) is 1. The molecule has 92 valence electrons. The van der Waals surface area contributed by atoms with Gasteiger partial charge in [0.05, 0.1) is 11.3 Å². The van der Waals surface area contributed by atoms with Crippen molar-refractivity contribution >= 4 is 5.78 Å². The number of hydrogen-bond donors (Lipinski definition) is 0. The second-order valence-electron chi connectivity index (χ2n) is 5.56. The molecule has 0 amide bonds. The highest BCUT2D eigenvalue weighted by Gasteiger charge is 2.38. The van der Waals surface area contributed by atoms with Gasteiger partial charge >= 0.3 is 0 Å². The number of fused-ring (bicyclic) bond motifs is 1. The van der Waals surface area contributed by atoms with Gasteiger partial charge in [-0.15, -0.1) is 0 Å². The molecule has 0 radical (unpaired) electrons. The Labute approximate surface area is 102 Å². The van der Waals surface area contributed by atoms with Crippen LogP contribution in [0.3, 0.4) is 0 Å². The Morgan fingerprint density at radius 2 is 2.12 bits per heavy atom. The van der Waals surface area contributed by atoms with Crippen molar-refractivity contribution in [3.63, 3.8) is 0 Å². The lowest BCUT2D eigenvalue weighted by Crippen LogP contribution is -2.31. The van der Waals surface area contributed by atoms with E-state index in [1.165, 1.54) is 0 Å². The summed E-state index contributed by atoms with van der Waals surface area (Å²) >= 11 is 0. The summed E-state index contributed by atoms with van der Waals surface area (Å²) in [5.74, 6) is 0.109. The second-order valence-corrected chi connectivity index (χ2v) is 5.56. The molecular weight excluding hydrogens is 214 g/mol. The van der Waals surface area contributed by atoms with E-state index in [2.05, 4.69) is 18.9 Å². The molecule has 17 heavy (non-hydrogen) atoms. The highest BCUT2D eigenvalue weighted by Crippen LogP contribution is 2.38. The Bertz CT molecular complexity index is 495. The van der Waals surface area contributed by atoms with Crippen molar-refractivity contribution in [2.75, 3.05) is 14.1 Å². The zero-order valence-corrected chi connectivity index (χ0v) is 11.1. The lowest BCUT2D eigenvalue weighted by atomic mass is 9.72. The lowest BCUT2D eigenvalue weighted by molar-refractivity contribution is 0.0992. The number of carbonyl (C=O) groups excluding carboxylic acids is 1. The second kappa shape index (κ2) is 3.72. The summed E-state index contributed by atoms with van der Waals surface area (Å²) in [6.45, 7) is 4.19. The number of aryl methyl sites for hydroxylation is 1. The van der Waals surface area contributed by atoms with Crippen LogP contribution in [0.2, 0.25) is 0 Å². The first kappa shape index (κ1) is 11.9. The van der Waals surface area contributed by atoms with Crippen LogP contribution in [0.25, 0.3) is 0 Å². The first-order valence-corrected chi connectivity index (χ1v) is 5.77. The molecule has 0 bridgehead atoms. The highest BCUT2D eigenvalue weighted by atomic mass is 16.1. The number of ketones is 1. The van der Waals surface area contributed by atoms with Crippen LogP contribution in [-0.4, -0.2) is 34.6 Å². The van der Waals surface area contributed by atoms with Gasteiger partial charge in [-0.2, -0.15) is 5.10 Å². The normalized spacial score (nSPS) is 20.5. The minimum Gasteiger partial charge on any atom is -0.383 e. The van der Waals surface area contributed by atoms with Crippen molar-refractivity contribution < 1.29 is 4.79 Å². The Balaban J connectivity index is 2.54. The zero-order chi connectivity index (χ0) is 12.8. The fraction of sp³-hybridized carbons (Fsp3) is 0.538. The highest BCUT2D eigenvalue weighted by molar-refractivity contribution is 6.11. The predicted octanol–water partition coefficient (Wildman–Crippen LogP) is 1.63. The third-order valence-electron chi connectivity index (χ3n) is 3.12. The number of carbonyl (C=O) groups is 1. The molecule has 0 fully saturated rings.